The van der Waals surface area contributed by atoms with Gasteiger partial charge in [0, 0.05) is 12.6 Å². The van der Waals surface area contributed by atoms with Crippen molar-refractivity contribution < 1.29 is 9.90 Å². The lowest BCUT2D eigenvalue weighted by atomic mass is 10.0. The van der Waals surface area contributed by atoms with Crippen LogP contribution in [0.2, 0.25) is 0 Å². The van der Waals surface area contributed by atoms with E-state index in [0.29, 0.717) is 5.69 Å². The number of aryl methyl sites for hydroxylation is 2. The van der Waals surface area contributed by atoms with Crippen LogP contribution in [0.15, 0.2) is 35.1 Å². The largest absolute Gasteiger partial charge is 0.477 e. The van der Waals surface area contributed by atoms with E-state index in [0.717, 1.165) is 16.7 Å². The highest BCUT2D eigenvalue weighted by Crippen LogP contribution is 2.23. The van der Waals surface area contributed by atoms with Gasteiger partial charge in [-0.2, -0.15) is 0 Å². The summed E-state index contributed by atoms with van der Waals surface area (Å²) in [6.07, 6.45) is 0. The molecule has 2 rings (SSSR count). The van der Waals surface area contributed by atoms with Crippen molar-refractivity contribution in [3.63, 3.8) is 0 Å². The van der Waals surface area contributed by atoms with Crippen molar-refractivity contribution in [2.75, 3.05) is 0 Å². The van der Waals surface area contributed by atoms with E-state index in [-0.39, 0.29) is 5.56 Å². The Morgan fingerprint density at radius 3 is 2.42 bits per heavy atom. The SMILES string of the molecule is Cc1ccc(-c2ccc(C(=O)O)c(=O)n2C)c(C)c1. The van der Waals surface area contributed by atoms with Crippen LogP contribution in [0, 0.1) is 13.8 Å². The van der Waals surface area contributed by atoms with E-state index in [1.54, 1.807) is 13.1 Å². The predicted octanol–water partition coefficient (Wildman–Crippen LogP) is 2.37. The molecule has 1 heterocycles. The molecule has 0 aliphatic rings. The van der Waals surface area contributed by atoms with Crippen molar-refractivity contribution in [2.24, 2.45) is 7.05 Å². The first kappa shape index (κ1) is 13.1. The lowest BCUT2D eigenvalue weighted by molar-refractivity contribution is 0.0694. The second-order valence-corrected chi connectivity index (χ2v) is 4.62. The third-order valence-corrected chi connectivity index (χ3v) is 3.19. The first-order chi connectivity index (χ1) is 8.91. The molecule has 1 N–H and O–H groups in total. The van der Waals surface area contributed by atoms with Crippen molar-refractivity contribution in [3.05, 3.63) is 57.4 Å². The van der Waals surface area contributed by atoms with Crippen LogP contribution >= 0.6 is 0 Å². The average molecular weight is 257 g/mol. The molecule has 2 aromatic rings. The standard InChI is InChI=1S/C15H15NO3/c1-9-4-5-11(10(2)8-9)13-7-6-12(15(18)19)14(17)16(13)3/h4-8H,1-3H3,(H,18,19). The van der Waals surface area contributed by atoms with Crippen LogP contribution in [0.4, 0.5) is 0 Å². The van der Waals surface area contributed by atoms with Gasteiger partial charge in [-0.05, 0) is 31.5 Å². The molecule has 4 nitrogen and oxygen atoms in total. The smallest absolute Gasteiger partial charge is 0.341 e. The molecule has 0 atom stereocenters. The summed E-state index contributed by atoms with van der Waals surface area (Å²) >= 11 is 0. The first-order valence-electron chi connectivity index (χ1n) is 5.92. The number of benzene rings is 1. The number of rotatable bonds is 2. The molecule has 0 unspecified atom stereocenters. The molecule has 0 spiro atoms. The number of nitrogens with zero attached hydrogens (tertiary/aromatic N) is 1. The minimum atomic E-state index is -1.20. The molecule has 1 aromatic carbocycles. The highest BCUT2D eigenvalue weighted by Gasteiger charge is 2.13. The van der Waals surface area contributed by atoms with E-state index in [9.17, 15) is 9.59 Å². The van der Waals surface area contributed by atoms with Crippen LogP contribution in [0.25, 0.3) is 11.3 Å². The molecule has 19 heavy (non-hydrogen) atoms. The monoisotopic (exact) mass is 257 g/mol. The van der Waals surface area contributed by atoms with Crippen LogP contribution < -0.4 is 5.56 Å². The maximum Gasteiger partial charge on any atom is 0.341 e. The zero-order valence-corrected chi connectivity index (χ0v) is 11.1. The van der Waals surface area contributed by atoms with Gasteiger partial charge in [0.25, 0.3) is 5.56 Å². The molecule has 0 aliphatic carbocycles. The van der Waals surface area contributed by atoms with Crippen LogP contribution in [-0.2, 0) is 7.05 Å². The highest BCUT2D eigenvalue weighted by atomic mass is 16.4. The zero-order valence-electron chi connectivity index (χ0n) is 11.1. The Morgan fingerprint density at radius 1 is 1.16 bits per heavy atom. The van der Waals surface area contributed by atoms with Crippen LogP contribution in [0.5, 0.6) is 0 Å². The Labute approximate surface area is 110 Å². The highest BCUT2D eigenvalue weighted by molar-refractivity contribution is 5.87. The van der Waals surface area contributed by atoms with Crippen LogP contribution in [-0.4, -0.2) is 15.6 Å². The zero-order chi connectivity index (χ0) is 14.2. The molecule has 0 amide bonds. The number of carboxylic acids is 1. The number of pyridine rings is 1. The molecular formula is C15H15NO3. The van der Waals surface area contributed by atoms with Gasteiger partial charge in [0.15, 0.2) is 0 Å². The summed E-state index contributed by atoms with van der Waals surface area (Å²) in [5.41, 5.74) is 3.14. The Balaban J connectivity index is 2.68. The van der Waals surface area contributed by atoms with Gasteiger partial charge in [0.05, 0.1) is 5.69 Å². The fraction of sp³-hybridized carbons (Fsp3) is 0.200. The van der Waals surface area contributed by atoms with Crippen molar-refractivity contribution in [2.45, 2.75) is 13.8 Å². The Hall–Kier alpha value is -2.36. The van der Waals surface area contributed by atoms with Crippen molar-refractivity contribution in [3.8, 4) is 11.3 Å². The summed E-state index contributed by atoms with van der Waals surface area (Å²) in [6, 6.07) is 8.98. The van der Waals surface area contributed by atoms with Crippen LogP contribution in [0.3, 0.4) is 0 Å². The van der Waals surface area contributed by atoms with Crippen molar-refractivity contribution in [1.82, 2.24) is 4.57 Å². The van der Waals surface area contributed by atoms with Gasteiger partial charge in [-0.1, -0.05) is 23.8 Å². The number of carbonyl (C=O) groups is 1. The number of hydrogen-bond donors (Lipinski definition) is 1. The molecule has 4 heteroatoms. The topological polar surface area (TPSA) is 59.3 Å². The first-order valence-corrected chi connectivity index (χ1v) is 5.92. The molecule has 0 bridgehead atoms. The van der Waals surface area contributed by atoms with Gasteiger partial charge >= 0.3 is 5.97 Å². The molecule has 98 valence electrons. The maximum absolute atomic E-state index is 12.0. The Kier molecular flexibility index (Phi) is 3.25. The summed E-state index contributed by atoms with van der Waals surface area (Å²) in [7, 11) is 1.59. The summed E-state index contributed by atoms with van der Waals surface area (Å²) in [6.45, 7) is 3.97. The quantitative estimate of drug-likeness (QED) is 0.898. The predicted molar refractivity (Wildman–Crippen MR) is 73.6 cm³/mol. The summed E-state index contributed by atoms with van der Waals surface area (Å²) in [5.74, 6) is -1.20. The van der Waals surface area contributed by atoms with E-state index in [4.69, 9.17) is 5.11 Å². The summed E-state index contributed by atoms with van der Waals surface area (Å²) in [4.78, 5) is 22.9. The fourth-order valence-electron chi connectivity index (χ4n) is 2.17. The lowest BCUT2D eigenvalue weighted by Gasteiger charge is -2.12. The number of aromatic carboxylic acids is 1. The van der Waals surface area contributed by atoms with E-state index in [1.807, 2.05) is 32.0 Å². The number of hydrogen-bond acceptors (Lipinski definition) is 2. The van der Waals surface area contributed by atoms with E-state index < -0.39 is 11.5 Å². The van der Waals surface area contributed by atoms with Crippen molar-refractivity contribution >= 4 is 5.97 Å². The van der Waals surface area contributed by atoms with Crippen LogP contribution in [0.1, 0.15) is 21.5 Å². The van der Waals surface area contributed by atoms with E-state index >= 15 is 0 Å². The second kappa shape index (κ2) is 4.72. The number of aromatic nitrogens is 1. The molecule has 1 aromatic heterocycles. The molecule has 0 saturated carbocycles. The molecule has 0 radical (unpaired) electrons. The number of carboxylic acid groups (broad SMARTS) is 1. The van der Waals surface area contributed by atoms with Crippen molar-refractivity contribution in [1.29, 1.82) is 0 Å². The second-order valence-electron chi connectivity index (χ2n) is 4.62. The van der Waals surface area contributed by atoms with Gasteiger partial charge in [-0.15, -0.1) is 0 Å². The van der Waals surface area contributed by atoms with Gasteiger partial charge in [0.2, 0.25) is 0 Å². The van der Waals surface area contributed by atoms with Gasteiger partial charge in [0.1, 0.15) is 5.56 Å². The third-order valence-electron chi connectivity index (χ3n) is 3.19. The minimum Gasteiger partial charge on any atom is -0.477 e. The third kappa shape index (κ3) is 2.29. The van der Waals surface area contributed by atoms with Gasteiger partial charge < -0.3 is 9.67 Å². The molecule has 0 fully saturated rings. The fourth-order valence-corrected chi connectivity index (χ4v) is 2.17. The van der Waals surface area contributed by atoms with E-state index in [2.05, 4.69) is 0 Å². The Bertz CT molecular complexity index is 714. The summed E-state index contributed by atoms with van der Waals surface area (Å²) in [5, 5.41) is 8.93. The minimum absolute atomic E-state index is 0.212. The maximum atomic E-state index is 12.0. The molecular weight excluding hydrogens is 242 g/mol. The molecule has 0 saturated heterocycles. The van der Waals surface area contributed by atoms with Gasteiger partial charge in [-0.25, -0.2) is 4.79 Å². The van der Waals surface area contributed by atoms with E-state index in [1.165, 1.54) is 10.6 Å². The normalized spacial score (nSPS) is 10.5. The molecule has 0 aliphatic heterocycles. The summed E-state index contributed by atoms with van der Waals surface area (Å²) < 4.78 is 1.38. The average Bonchev–Trinajstić information content (AvgIpc) is 2.33. The Morgan fingerprint density at radius 2 is 1.84 bits per heavy atom. The lowest BCUT2D eigenvalue weighted by Crippen LogP contribution is -2.25. The van der Waals surface area contributed by atoms with Gasteiger partial charge in [-0.3, -0.25) is 4.79 Å².